The van der Waals surface area contributed by atoms with E-state index in [0.29, 0.717) is 12.2 Å². The van der Waals surface area contributed by atoms with Crippen LogP contribution in [0.25, 0.3) is 0 Å². The fourth-order valence-electron chi connectivity index (χ4n) is 1.64. The van der Waals surface area contributed by atoms with Gasteiger partial charge in [0.1, 0.15) is 5.75 Å². The first-order valence-electron chi connectivity index (χ1n) is 6.21. The molecule has 0 aliphatic heterocycles. The molecule has 8 heteroatoms. The number of guanidine groups is 1. The molecule has 0 spiro atoms. The van der Waals surface area contributed by atoms with Crippen LogP contribution in [0.1, 0.15) is 12.5 Å². The van der Waals surface area contributed by atoms with Gasteiger partial charge in [-0.2, -0.15) is 8.78 Å². The van der Waals surface area contributed by atoms with Crippen LogP contribution in [0.5, 0.6) is 5.75 Å². The molecule has 1 rings (SSSR count). The van der Waals surface area contributed by atoms with Gasteiger partial charge in [-0.3, -0.25) is 0 Å². The Kier molecular flexibility index (Phi) is 7.38. The molecule has 0 bridgehead atoms. The largest absolute Gasteiger partial charge is 0.434 e. The number of alkyl halides is 2. The van der Waals surface area contributed by atoms with Crippen molar-refractivity contribution in [2.24, 2.45) is 10.7 Å². The number of rotatable bonds is 7. The molecule has 1 aromatic rings. The van der Waals surface area contributed by atoms with Crippen LogP contribution in [0.2, 0.25) is 0 Å². The molecule has 0 aliphatic rings. The molecule has 1 aromatic carbocycles. The zero-order chi connectivity index (χ0) is 15.8. The van der Waals surface area contributed by atoms with E-state index in [1.165, 1.54) is 6.07 Å². The predicted molar refractivity (Wildman–Crippen MR) is 80.6 cm³/mol. The summed E-state index contributed by atoms with van der Waals surface area (Å²) < 4.78 is 34.8. The molecule has 0 radical (unpaired) electrons. The van der Waals surface area contributed by atoms with Gasteiger partial charge in [-0.15, -0.1) is 0 Å². The highest BCUT2D eigenvalue weighted by Crippen LogP contribution is 2.25. The quantitative estimate of drug-likeness (QED) is 0.575. The normalized spacial score (nSPS) is 13.3. The zero-order valence-corrected chi connectivity index (χ0v) is 13.4. The first kappa shape index (κ1) is 17.6. The smallest absolute Gasteiger partial charge is 0.387 e. The van der Waals surface area contributed by atoms with Gasteiger partial charge in [-0.05, 0) is 25.1 Å². The van der Waals surface area contributed by atoms with E-state index in [-0.39, 0.29) is 24.3 Å². The summed E-state index contributed by atoms with van der Waals surface area (Å²) >= 11 is 3.28. The molecule has 0 fully saturated rings. The van der Waals surface area contributed by atoms with Crippen molar-refractivity contribution in [1.82, 2.24) is 5.32 Å². The Labute approximate surface area is 130 Å². The molecule has 0 aliphatic carbocycles. The summed E-state index contributed by atoms with van der Waals surface area (Å²) in [5.74, 6) is 0.289. The summed E-state index contributed by atoms with van der Waals surface area (Å²) in [7, 11) is 1.58. The van der Waals surface area contributed by atoms with Crippen LogP contribution in [-0.2, 0) is 11.3 Å². The molecule has 3 N–H and O–H groups in total. The third-order valence-electron chi connectivity index (χ3n) is 2.47. The highest BCUT2D eigenvalue weighted by molar-refractivity contribution is 9.10. The molecule has 1 unspecified atom stereocenters. The molecule has 0 amide bonds. The Morgan fingerprint density at radius 1 is 1.48 bits per heavy atom. The topological polar surface area (TPSA) is 68.9 Å². The average Bonchev–Trinajstić information content (AvgIpc) is 2.38. The molecule has 1 atom stereocenters. The zero-order valence-electron chi connectivity index (χ0n) is 11.8. The SMILES string of the molecule is COCC(C)NC(N)=NCc1cc(Br)ccc1OC(F)F. The van der Waals surface area contributed by atoms with Gasteiger partial charge in [-0.1, -0.05) is 15.9 Å². The maximum atomic E-state index is 12.3. The number of nitrogens with two attached hydrogens (primary N) is 1. The van der Waals surface area contributed by atoms with E-state index in [4.69, 9.17) is 10.5 Å². The Balaban J connectivity index is 2.74. The van der Waals surface area contributed by atoms with Crippen molar-refractivity contribution in [2.45, 2.75) is 26.1 Å². The first-order valence-corrected chi connectivity index (χ1v) is 7.00. The highest BCUT2D eigenvalue weighted by Gasteiger charge is 2.10. The highest BCUT2D eigenvalue weighted by atomic mass is 79.9. The van der Waals surface area contributed by atoms with Crippen molar-refractivity contribution in [3.05, 3.63) is 28.2 Å². The Morgan fingerprint density at radius 2 is 2.19 bits per heavy atom. The molecule has 0 aromatic heterocycles. The van der Waals surface area contributed by atoms with Gasteiger partial charge in [0.2, 0.25) is 0 Å². The van der Waals surface area contributed by atoms with Crippen LogP contribution >= 0.6 is 15.9 Å². The van der Waals surface area contributed by atoms with E-state index in [1.807, 2.05) is 6.92 Å². The maximum Gasteiger partial charge on any atom is 0.387 e. The van der Waals surface area contributed by atoms with Crippen LogP contribution in [-0.4, -0.2) is 32.3 Å². The third-order valence-corrected chi connectivity index (χ3v) is 2.96. The fraction of sp³-hybridized carbons (Fsp3) is 0.462. The maximum absolute atomic E-state index is 12.3. The van der Waals surface area contributed by atoms with Gasteiger partial charge in [0.25, 0.3) is 0 Å². The number of aliphatic imine (C=N–C) groups is 1. The summed E-state index contributed by atoms with van der Waals surface area (Å²) in [4.78, 5) is 4.11. The van der Waals surface area contributed by atoms with E-state index >= 15 is 0 Å². The number of halogens is 3. The lowest BCUT2D eigenvalue weighted by molar-refractivity contribution is -0.0504. The van der Waals surface area contributed by atoms with E-state index in [1.54, 1.807) is 19.2 Å². The van der Waals surface area contributed by atoms with Crippen molar-refractivity contribution < 1.29 is 18.3 Å². The number of hydrogen-bond donors (Lipinski definition) is 2. The number of benzene rings is 1. The summed E-state index contributed by atoms with van der Waals surface area (Å²) in [5, 5.41) is 2.93. The fourth-order valence-corrected chi connectivity index (χ4v) is 2.05. The molecular weight excluding hydrogens is 348 g/mol. The monoisotopic (exact) mass is 365 g/mol. The number of methoxy groups -OCH3 is 1. The van der Waals surface area contributed by atoms with Crippen molar-refractivity contribution >= 4 is 21.9 Å². The minimum atomic E-state index is -2.88. The molecule has 5 nitrogen and oxygen atoms in total. The third kappa shape index (κ3) is 6.72. The lowest BCUT2D eigenvalue weighted by atomic mass is 10.2. The lowest BCUT2D eigenvalue weighted by Gasteiger charge is -2.14. The van der Waals surface area contributed by atoms with Crippen molar-refractivity contribution in [2.75, 3.05) is 13.7 Å². The van der Waals surface area contributed by atoms with Gasteiger partial charge in [-0.25, -0.2) is 4.99 Å². The number of nitrogens with zero attached hydrogens (tertiary/aromatic N) is 1. The van der Waals surface area contributed by atoms with Crippen LogP contribution in [0.15, 0.2) is 27.7 Å². The summed E-state index contributed by atoms with van der Waals surface area (Å²) in [5.41, 5.74) is 6.23. The number of hydrogen-bond acceptors (Lipinski definition) is 3. The van der Waals surface area contributed by atoms with Crippen LogP contribution in [0.3, 0.4) is 0 Å². The molecular formula is C13H18BrF2N3O2. The minimum absolute atomic E-state index is 0.00181. The average molecular weight is 366 g/mol. The van der Waals surface area contributed by atoms with Gasteiger partial charge < -0.3 is 20.5 Å². The Hall–Kier alpha value is -1.41. The molecule has 0 saturated carbocycles. The van der Waals surface area contributed by atoms with Crippen LogP contribution < -0.4 is 15.8 Å². The van der Waals surface area contributed by atoms with Gasteiger partial charge >= 0.3 is 6.61 Å². The predicted octanol–water partition coefficient (Wildman–Crippen LogP) is 2.49. The van der Waals surface area contributed by atoms with Crippen molar-refractivity contribution in [3.8, 4) is 5.75 Å². The number of ether oxygens (including phenoxy) is 2. The van der Waals surface area contributed by atoms with Gasteiger partial charge in [0.05, 0.1) is 13.2 Å². The molecule has 0 saturated heterocycles. The summed E-state index contributed by atoms with van der Waals surface area (Å²) in [6, 6.07) is 4.73. The van der Waals surface area contributed by atoms with Gasteiger partial charge in [0, 0.05) is 23.2 Å². The summed E-state index contributed by atoms with van der Waals surface area (Å²) in [6.45, 7) is -0.394. The van der Waals surface area contributed by atoms with Crippen molar-refractivity contribution in [3.63, 3.8) is 0 Å². The first-order chi connectivity index (χ1) is 9.92. The second-order valence-corrected chi connectivity index (χ2v) is 5.25. The molecule has 0 heterocycles. The second kappa shape index (κ2) is 8.78. The summed E-state index contributed by atoms with van der Waals surface area (Å²) in [6.07, 6.45) is 0. The molecule has 21 heavy (non-hydrogen) atoms. The van der Waals surface area contributed by atoms with E-state index in [0.717, 1.165) is 4.47 Å². The van der Waals surface area contributed by atoms with Gasteiger partial charge in [0.15, 0.2) is 5.96 Å². The van der Waals surface area contributed by atoms with Crippen molar-refractivity contribution in [1.29, 1.82) is 0 Å². The van der Waals surface area contributed by atoms with Crippen LogP contribution in [0.4, 0.5) is 8.78 Å². The van der Waals surface area contributed by atoms with E-state index in [2.05, 4.69) is 31.0 Å². The standard InChI is InChI=1S/C13H18BrF2N3O2/c1-8(7-20-2)19-13(17)18-6-9-5-10(14)3-4-11(9)21-12(15)16/h3-5,8,12H,6-7H2,1-2H3,(H3,17,18,19). The minimum Gasteiger partial charge on any atom is -0.434 e. The Morgan fingerprint density at radius 3 is 2.81 bits per heavy atom. The van der Waals surface area contributed by atoms with E-state index in [9.17, 15) is 8.78 Å². The van der Waals surface area contributed by atoms with E-state index < -0.39 is 6.61 Å². The lowest BCUT2D eigenvalue weighted by Crippen LogP contribution is -2.40. The Bertz CT molecular complexity index is 486. The second-order valence-electron chi connectivity index (χ2n) is 4.33. The number of nitrogens with one attached hydrogen (secondary N) is 1. The van der Waals surface area contributed by atoms with Crippen LogP contribution in [0, 0.1) is 0 Å². The molecule has 118 valence electrons.